The number of aryl methyl sites for hydroxylation is 1. The van der Waals surface area contributed by atoms with Gasteiger partial charge in [-0.05, 0) is 37.2 Å². The van der Waals surface area contributed by atoms with E-state index < -0.39 is 5.97 Å². The van der Waals surface area contributed by atoms with Crippen molar-refractivity contribution >= 4 is 5.97 Å². The summed E-state index contributed by atoms with van der Waals surface area (Å²) in [7, 11) is 2.05. The van der Waals surface area contributed by atoms with Crippen molar-refractivity contribution in [3.05, 3.63) is 53.3 Å². The maximum absolute atomic E-state index is 10.8. The predicted octanol–water partition coefficient (Wildman–Crippen LogP) is 2.62. The Hall–Kier alpha value is -2.14. The summed E-state index contributed by atoms with van der Waals surface area (Å²) in [5.74, 6) is -0.890. The molecule has 5 nitrogen and oxygen atoms in total. The first-order valence-electron chi connectivity index (χ1n) is 7.11. The van der Waals surface area contributed by atoms with E-state index in [9.17, 15) is 4.79 Å². The number of carboxylic acids is 1. The molecule has 0 saturated heterocycles. The van der Waals surface area contributed by atoms with Crippen LogP contribution in [0.25, 0.3) is 0 Å². The molecule has 0 fully saturated rings. The SMILES string of the molecule is CCCn1nccc1CN(C)Cc1ccc(C(=O)O)cc1. The van der Waals surface area contributed by atoms with Crippen LogP contribution in [0.5, 0.6) is 0 Å². The van der Waals surface area contributed by atoms with Crippen LogP contribution in [0.15, 0.2) is 36.5 Å². The molecule has 0 unspecified atom stereocenters. The van der Waals surface area contributed by atoms with Crippen LogP contribution in [0.2, 0.25) is 0 Å². The van der Waals surface area contributed by atoms with E-state index in [-0.39, 0.29) is 0 Å². The predicted molar refractivity (Wildman–Crippen MR) is 81.1 cm³/mol. The van der Waals surface area contributed by atoms with Crippen molar-refractivity contribution in [2.75, 3.05) is 7.05 Å². The Morgan fingerprint density at radius 2 is 1.95 bits per heavy atom. The maximum Gasteiger partial charge on any atom is 0.335 e. The Labute approximate surface area is 124 Å². The Kier molecular flexibility index (Phi) is 5.11. The molecule has 21 heavy (non-hydrogen) atoms. The number of hydrogen-bond donors (Lipinski definition) is 1. The van der Waals surface area contributed by atoms with E-state index in [0.29, 0.717) is 5.56 Å². The van der Waals surface area contributed by atoms with Crippen molar-refractivity contribution in [1.82, 2.24) is 14.7 Å². The van der Waals surface area contributed by atoms with Gasteiger partial charge in [0.25, 0.3) is 0 Å². The van der Waals surface area contributed by atoms with Gasteiger partial charge in [-0.15, -0.1) is 0 Å². The second kappa shape index (κ2) is 7.04. The van der Waals surface area contributed by atoms with Gasteiger partial charge in [0, 0.05) is 25.8 Å². The molecule has 0 bridgehead atoms. The third-order valence-corrected chi connectivity index (χ3v) is 3.33. The number of benzene rings is 1. The molecule has 0 saturated carbocycles. The zero-order chi connectivity index (χ0) is 15.2. The standard InChI is InChI=1S/C16H21N3O2/c1-3-10-19-15(8-9-17-19)12-18(2)11-13-4-6-14(7-5-13)16(20)21/h4-9H,3,10-12H2,1-2H3,(H,20,21). The second-order valence-electron chi connectivity index (χ2n) is 5.22. The molecular formula is C16H21N3O2. The highest BCUT2D eigenvalue weighted by atomic mass is 16.4. The van der Waals surface area contributed by atoms with Crippen LogP contribution < -0.4 is 0 Å². The second-order valence-corrected chi connectivity index (χ2v) is 5.22. The summed E-state index contributed by atoms with van der Waals surface area (Å²) in [5, 5.41) is 13.2. The summed E-state index contributed by atoms with van der Waals surface area (Å²) < 4.78 is 2.03. The normalized spacial score (nSPS) is 11.0. The van der Waals surface area contributed by atoms with E-state index in [2.05, 4.69) is 16.9 Å². The van der Waals surface area contributed by atoms with Crippen molar-refractivity contribution < 1.29 is 9.90 Å². The molecule has 2 aromatic rings. The first-order valence-corrected chi connectivity index (χ1v) is 7.11. The fourth-order valence-electron chi connectivity index (χ4n) is 2.30. The van der Waals surface area contributed by atoms with E-state index in [4.69, 9.17) is 5.11 Å². The summed E-state index contributed by atoms with van der Waals surface area (Å²) in [6, 6.07) is 9.06. The van der Waals surface area contributed by atoms with Crippen LogP contribution >= 0.6 is 0 Å². The minimum atomic E-state index is -0.890. The van der Waals surface area contributed by atoms with Gasteiger partial charge in [0.15, 0.2) is 0 Å². The van der Waals surface area contributed by atoms with Gasteiger partial charge < -0.3 is 5.11 Å². The first-order chi connectivity index (χ1) is 10.1. The lowest BCUT2D eigenvalue weighted by molar-refractivity contribution is 0.0697. The zero-order valence-electron chi connectivity index (χ0n) is 12.5. The van der Waals surface area contributed by atoms with Gasteiger partial charge in [-0.25, -0.2) is 4.79 Å². The number of carboxylic acid groups (broad SMARTS) is 1. The lowest BCUT2D eigenvalue weighted by Crippen LogP contribution is -2.20. The lowest BCUT2D eigenvalue weighted by atomic mass is 10.1. The molecular weight excluding hydrogens is 266 g/mol. The van der Waals surface area contributed by atoms with Crippen LogP contribution in [0.1, 0.15) is 35.0 Å². The summed E-state index contributed by atoms with van der Waals surface area (Å²) in [6.45, 7) is 4.67. The molecule has 5 heteroatoms. The highest BCUT2D eigenvalue weighted by Crippen LogP contribution is 2.10. The quantitative estimate of drug-likeness (QED) is 0.850. The van der Waals surface area contributed by atoms with Crippen LogP contribution in [0.3, 0.4) is 0 Å². The molecule has 1 heterocycles. The number of nitrogens with zero attached hydrogens (tertiary/aromatic N) is 3. The Morgan fingerprint density at radius 1 is 1.24 bits per heavy atom. The minimum absolute atomic E-state index is 0.322. The number of aromatic carboxylic acids is 1. The third-order valence-electron chi connectivity index (χ3n) is 3.33. The van der Waals surface area contributed by atoms with Gasteiger partial charge in [0.1, 0.15) is 0 Å². The van der Waals surface area contributed by atoms with Gasteiger partial charge in [0.05, 0.1) is 11.3 Å². The van der Waals surface area contributed by atoms with Gasteiger partial charge in [-0.1, -0.05) is 19.1 Å². The molecule has 0 aliphatic carbocycles. The molecule has 1 N–H and O–H groups in total. The van der Waals surface area contributed by atoms with Gasteiger partial charge >= 0.3 is 5.97 Å². The molecule has 112 valence electrons. The Morgan fingerprint density at radius 3 is 2.57 bits per heavy atom. The summed E-state index contributed by atoms with van der Waals surface area (Å²) >= 11 is 0. The fraction of sp³-hybridized carbons (Fsp3) is 0.375. The van der Waals surface area contributed by atoms with Crippen LogP contribution in [0, 0.1) is 0 Å². The van der Waals surface area contributed by atoms with Crippen molar-refractivity contribution in [3.8, 4) is 0 Å². The molecule has 1 aromatic heterocycles. The van der Waals surface area contributed by atoms with Gasteiger partial charge in [-0.2, -0.15) is 5.10 Å². The van der Waals surface area contributed by atoms with E-state index in [1.807, 2.05) is 36.1 Å². The van der Waals surface area contributed by atoms with Crippen molar-refractivity contribution in [1.29, 1.82) is 0 Å². The molecule has 2 rings (SSSR count). The molecule has 1 aromatic carbocycles. The number of hydrogen-bond acceptors (Lipinski definition) is 3. The average molecular weight is 287 g/mol. The first kappa shape index (κ1) is 15.3. The topological polar surface area (TPSA) is 58.4 Å². The average Bonchev–Trinajstić information content (AvgIpc) is 2.87. The highest BCUT2D eigenvalue weighted by Gasteiger charge is 2.07. The number of aromatic nitrogens is 2. The van der Waals surface area contributed by atoms with Crippen molar-refractivity contribution in [2.24, 2.45) is 0 Å². The largest absolute Gasteiger partial charge is 0.478 e. The summed E-state index contributed by atoms with van der Waals surface area (Å²) in [6.07, 6.45) is 2.90. The van der Waals surface area contributed by atoms with Gasteiger partial charge in [-0.3, -0.25) is 9.58 Å². The van der Waals surface area contributed by atoms with Crippen LogP contribution in [0.4, 0.5) is 0 Å². The molecule has 0 amide bonds. The van der Waals surface area contributed by atoms with Crippen molar-refractivity contribution in [2.45, 2.75) is 33.0 Å². The van der Waals surface area contributed by atoms with Crippen LogP contribution in [-0.4, -0.2) is 32.8 Å². The molecule has 0 aliphatic rings. The fourth-order valence-corrected chi connectivity index (χ4v) is 2.30. The number of rotatable bonds is 7. The van der Waals surface area contributed by atoms with E-state index >= 15 is 0 Å². The zero-order valence-corrected chi connectivity index (χ0v) is 12.5. The monoisotopic (exact) mass is 287 g/mol. The van der Waals surface area contributed by atoms with Gasteiger partial charge in [0.2, 0.25) is 0 Å². The number of carbonyl (C=O) groups is 1. The van der Waals surface area contributed by atoms with E-state index in [1.165, 1.54) is 5.69 Å². The van der Waals surface area contributed by atoms with E-state index in [1.54, 1.807) is 12.1 Å². The van der Waals surface area contributed by atoms with E-state index in [0.717, 1.165) is 31.6 Å². The highest BCUT2D eigenvalue weighted by molar-refractivity contribution is 5.87. The molecule has 0 spiro atoms. The Bertz CT molecular complexity index is 590. The summed E-state index contributed by atoms with van der Waals surface area (Å²) in [5.41, 5.74) is 2.62. The Balaban J connectivity index is 1.96. The maximum atomic E-state index is 10.8. The third kappa shape index (κ3) is 4.16. The molecule has 0 radical (unpaired) electrons. The lowest BCUT2D eigenvalue weighted by Gasteiger charge is -2.17. The molecule has 0 atom stereocenters. The van der Waals surface area contributed by atoms with Crippen molar-refractivity contribution in [3.63, 3.8) is 0 Å². The van der Waals surface area contributed by atoms with Crippen LogP contribution in [-0.2, 0) is 19.6 Å². The smallest absolute Gasteiger partial charge is 0.335 e. The minimum Gasteiger partial charge on any atom is -0.478 e. The molecule has 0 aliphatic heterocycles. The summed E-state index contributed by atoms with van der Waals surface area (Å²) in [4.78, 5) is 13.0.